The van der Waals surface area contributed by atoms with E-state index in [0.717, 1.165) is 35.6 Å². The van der Waals surface area contributed by atoms with Gasteiger partial charge >= 0.3 is 5.97 Å². The van der Waals surface area contributed by atoms with Gasteiger partial charge in [-0.3, -0.25) is 9.59 Å². The molecule has 1 amide bonds. The first-order chi connectivity index (χ1) is 13.5. The summed E-state index contributed by atoms with van der Waals surface area (Å²) in [5, 5.41) is 2.74. The van der Waals surface area contributed by atoms with Crippen molar-refractivity contribution >= 4 is 22.9 Å². The number of benzene rings is 1. The Morgan fingerprint density at radius 2 is 2.00 bits per heavy atom. The van der Waals surface area contributed by atoms with E-state index in [4.69, 9.17) is 4.98 Å². The molecule has 1 N–H and O–H groups in total. The van der Waals surface area contributed by atoms with Crippen molar-refractivity contribution in [2.75, 3.05) is 33.8 Å². The number of hydrogen-bond donors (Lipinski definition) is 1. The predicted molar refractivity (Wildman–Crippen MR) is 108 cm³/mol. The number of carbonyl (C=O) groups is 2. The summed E-state index contributed by atoms with van der Waals surface area (Å²) in [5.41, 5.74) is 2.42. The van der Waals surface area contributed by atoms with E-state index >= 15 is 0 Å². The van der Waals surface area contributed by atoms with Crippen LogP contribution in [0.2, 0.25) is 0 Å². The number of nitrogens with zero attached hydrogens (tertiary/aromatic N) is 3. The molecule has 1 aromatic carbocycles. The lowest BCUT2D eigenvalue weighted by Crippen LogP contribution is -2.30. The van der Waals surface area contributed by atoms with Crippen molar-refractivity contribution in [1.29, 1.82) is 0 Å². The zero-order chi connectivity index (χ0) is 20.1. The zero-order valence-electron chi connectivity index (χ0n) is 17.0. The number of nitrogens with one attached hydrogen (secondary N) is 1. The number of esters is 1. The molecule has 1 aromatic heterocycles. The first-order valence-electron chi connectivity index (χ1n) is 9.97. The number of aryl methyl sites for hydroxylation is 2. The van der Waals surface area contributed by atoms with Crippen molar-refractivity contribution in [1.82, 2.24) is 19.8 Å². The van der Waals surface area contributed by atoms with Gasteiger partial charge in [0.1, 0.15) is 5.82 Å². The Morgan fingerprint density at radius 1 is 1.25 bits per heavy atom. The van der Waals surface area contributed by atoms with Crippen LogP contribution in [0.3, 0.4) is 0 Å². The molecule has 0 saturated carbocycles. The normalized spacial score (nSPS) is 15.7. The first-order valence-corrected chi connectivity index (χ1v) is 9.97. The maximum atomic E-state index is 12.3. The summed E-state index contributed by atoms with van der Waals surface area (Å²) in [6.07, 6.45) is 4.80. The van der Waals surface area contributed by atoms with Crippen molar-refractivity contribution in [3.8, 4) is 0 Å². The fraction of sp³-hybridized carbons (Fsp3) is 0.571. The van der Waals surface area contributed by atoms with Crippen LogP contribution in [0.1, 0.15) is 41.9 Å². The Bertz CT molecular complexity index is 838. The fourth-order valence-electron chi connectivity index (χ4n) is 3.78. The van der Waals surface area contributed by atoms with Crippen molar-refractivity contribution < 1.29 is 14.3 Å². The van der Waals surface area contributed by atoms with Gasteiger partial charge in [0.2, 0.25) is 0 Å². The first kappa shape index (κ1) is 20.3. The van der Waals surface area contributed by atoms with Gasteiger partial charge in [0, 0.05) is 25.6 Å². The quantitative estimate of drug-likeness (QED) is 0.738. The van der Waals surface area contributed by atoms with E-state index in [9.17, 15) is 9.59 Å². The molecule has 1 fully saturated rings. The van der Waals surface area contributed by atoms with Crippen LogP contribution < -0.4 is 5.32 Å². The van der Waals surface area contributed by atoms with Crippen molar-refractivity contribution in [3.05, 3.63) is 29.6 Å². The van der Waals surface area contributed by atoms with Gasteiger partial charge in [-0.1, -0.05) is 0 Å². The molecule has 1 aliphatic heterocycles. The van der Waals surface area contributed by atoms with Crippen LogP contribution in [-0.4, -0.2) is 60.1 Å². The Balaban J connectivity index is 1.62. The van der Waals surface area contributed by atoms with Crippen LogP contribution in [0, 0.1) is 5.92 Å². The highest BCUT2D eigenvalue weighted by atomic mass is 16.5. The second-order valence-electron chi connectivity index (χ2n) is 7.66. The smallest absolute Gasteiger partial charge is 0.307 e. The van der Waals surface area contributed by atoms with Crippen molar-refractivity contribution in [2.24, 2.45) is 13.0 Å². The summed E-state index contributed by atoms with van der Waals surface area (Å²) in [7, 11) is 5.56. The molecule has 1 aliphatic rings. The van der Waals surface area contributed by atoms with Crippen molar-refractivity contribution in [2.45, 2.75) is 32.1 Å². The highest BCUT2D eigenvalue weighted by Gasteiger charge is 2.18. The molecule has 0 spiro atoms. The third-order valence-corrected chi connectivity index (χ3v) is 5.69. The molecular formula is C21H30N4O3. The standard InChI is InChI=1S/C21H30N4O3/c1-24-12-9-15(10-13-24)4-7-19-23-17-14-16(5-6-18(17)25(19)2)21(27)22-11-8-20(26)28-3/h5-6,14-15H,4,7-13H2,1-3H3,(H,22,27). The molecule has 152 valence electrons. The second kappa shape index (κ2) is 9.19. The molecule has 0 atom stereocenters. The number of fused-ring (bicyclic) bond motifs is 1. The van der Waals surface area contributed by atoms with Gasteiger partial charge in [-0.25, -0.2) is 4.98 Å². The molecule has 1 saturated heterocycles. The maximum Gasteiger partial charge on any atom is 0.307 e. The summed E-state index contributed by atoms with van der Waals surface area (Å²) in [6.45, 7) is 2.62. The summed E-state index contributed by atoms with van der Waals surface area (Å²) in [4.78, 5) is 30.6. The van der Waals surface area contributed by atoms with Crippen LogP contribution in [0.5, 0.6) is 0 Å². The van der Waals surface area contributed by atoms with Crippen LogP contribution in [-0.2, 0) is 23.0 Å². The summed E-state index contributed by atoms with van der Waals surface area (Å²) < 4.78 is 6.71. The van der Waals surface area contributed by atoms with Crippen LogP contribution >= 0.6 is 0 Å². The minimum absolute atomic E-state index is 0.162. The molecule has 28 heavy (non-hydrogen) atoms. The summed E-state index contributed by atoms with van der Waals surface area (Å²) >= 11 is 0. The summed E-state index contributed by atoms with van der Waals surface area (Å²) in [6, 6.07) is 5.57. The lowest BCUT2D eigenvalue weighted by atomic mass is 9.92. The van der Waals surface area contributed by atoms with Gasteiger partial charge in [-0.05, 0) is 63.5 Å². The molecule has 0 radical (unpaired) electrons. The molecular weight excluding hydrogens is 356 g/mol. The minimum atomic E-state index is -0.338. The van der Waals surface area contributed by atoms with Gasteiger partial charge < -0.3 is 19.5 Å². The number of rotatable bonds is 7. The van der Waals surface area contributed by atoms with Gasteiger partial charge in [0.15, 0.2) is 0 Å². The van der Waals surface area contributed by atoms with Crippen LogP contribution in [0.15, 0.2) is 18.2 Å². The molecule has 0 bridgehead atoms. The largest absolute Gasteiger partial charge is 0.469 e. The predicted octanol–water partition coefficient (Wildman–Crippen LogP) is 2.14. The van der Waals surface area contributed by atoms with E-state index in [1.165, 1.54) is 33.0 Å². The van der Waals surface area contributed by atoms with E-state index in [1.54, 1.807) is 6.07 Å². The monoisotopic (exact) mass is 386 g/mol. The minimum Gasteiger partial charge on any atom is -0.469 e. The molecule has 7 nitrogen and oxygen atoms in total. The third kappa shape index (κ3) is 4.90. The Kier molecular flexibility index (Phi) is 6.67. The fourth-order valence-corrected chi connectivity index (χ4v) is 3.78. The molecule has 0 unspecified atom stereocenters. The lowest BCUT2D eigenvalue weighted by Gasteiger charge is -2.28. The number of hydrogen-bond acceptors (Lipinski definition) is 5. The number of ether oxygens (including phenoxy) is 1. The average molecular weight is 386 g/mol. The second-order valence-corrected chi connectivity index (χ2v) is 7.66. The molecule has 3 rings (SSSR count). The topological polar surface area (TPSA) is 76.5 Å². The number of aromatic nitrogens is 2. The molecule has 7 heteroatoms. The highest BCUT2D eigenvalue weighted by Crippen LogP contribution is 2.23. The Hall–Kier alpha value is -2.41. The lowest BCUT2D eigenvalue weighted by molar-refractivity contribution is -0.140. The SMILES string of the molecule is COC(=O)CCNC(=O)c1ccc2c(c1)nc(CCC1CCN(C)CC1)n2C. The zero-order valence-corrected chi connectivity index (χ0v) is 17.0. The molecule has 2 heterocycles. The van der Waals surface area contributed by atoms with E-state index < -0.39 is 0 Å². The summed E-state index contributed by atoms with van der Waals surface area (Å²) in [5.74, 6) is 1.29. The van der Waals surface area contributed by atoms with Crippen LogP contribution in [0.25, 0.3) is 11.0 Å². The van der Waals surface area contributed by atoms with Gasteiger partial charge in [-0.2, -0.15) is 0 Å². The van der Waals surface area contributed by atoms with E-state index in [0.29, 0.717) is 5.56 Å². The van der Waals surface area contributed by atoms with Gasteiger partial charge in [0.05, 0.1) is 24.6 Å². The molecule has 2 aromatic rings. The molecule has 0 aliphatic carbocycles. The Morgan fingerprint density at radius 3 is 2.71 bits per heavy atom. The number of methoxy groups -OCH3 is 1. The highest BCUT2D eigenvalue weighted by molar-refractivity contribution is 5.97. The average Bonchev–Trinajstić information content (AvgIpc) is 3.02. The number of amides is 1. The van der Waals surface area contributed by atoms with Crippen LogP contribution in [0.4, 0.5) is 0 Å². The Labute approximate surface area is 166 Å². The number of imidazole rings is 1. The van der Waals surface area contributed by atoms with Gasteiger partial charge in [-0.15, -0.1) is 0 Å². The number of carbonyl (C=O) groups excluding carboxylic acids is 2. The van der Waals surface area contributed by atoms with Crippen molar-refractivity contribution in [3.63, 3.8) is 0 Å². The van der Waals surface area contributed by atoms with E-state index in [-0.39, 0.29) is 24.8 Å². The number of likely N-dealkylation sites (tertiary alicyclic amines) is 1. The maximum absolute atomic E-state index is 12.3. The van der Waals surface area contributed by atoms with E-state index in [1.807, 2.05) is 19.2 Å². The number of piperidine rings is 1. The van der Waals surface area contributed by atoms with Gasteiger partial charge in [0.25, 0.3) is 5.91 Å². The van der Waals surface area contributed by atoms with E-state index in [2.05, 4.69) is 26.6 Å². The third-order valence-electron chi connectivity index (χ3n) is 5.69.